The molecule has 0 spiro atoms. The van der Waals surface area contributed by atoms with Crippen molar-refractivity contribution in [1.29, 1.82) is 0 Å². The van der Waals surface area contributed by atoms with E-state index in [0.29, 0.717) is 25.9 Å². The van der Waals surface area contributed by atoms with Crippen molar-refractivity contribution < 1.29 is 14.6 Å². The molecule has 21 heavy (non-hydrogen) atoms. The molecule has 3 N–H and O–H groups in total. The number of nitrogens with two attached hydrogens (primary N) is 1. The summed E-state index contributed by atoms with van der Waals surface area (Å²) in [7, 11) is 0. The highest BCUT2D eigenvalue weighted by Crippen LogP contribution is 2.31. The smallest absolute Gasteiger partial charge is 0.335 e. The standard InChI is InChI=1S/C17H25NO3/c18-15(12-14-8-4-3-5-9-14)13-21-17(16(19)20)10-6-1-2-7-11-17/h3-5,8-9,15H,1-2,6-7,10-13,18H2,(H,19,20)/t15-/m0/s1. The fourth-order valence-electron chi connectivity index (χ4n) is 2.96. The summed E-state index contributed by atoms with van der Waals surface area (Å²) in [5.74, 6) is -0.837. The minimum Gasteiger partial charge on any atom is -0.479 e. The van der Waals surface area contributed by atoms with Crippen LogP contribution in [0.3, 0.4) is 0 Å². The van der Waals surface area contributed by atoms with Crippen LogP contribution in [0.1, 0.15) is 44.1 Å². The van der Waals surface area contributed by atoms with Gasteiger partial charge >= 0.3 is 5.97 Å². The Kier molecular flexibility index (Phi) is 5.76. The highest BCUT2D eigenvalue weighted by molar-refractivity contribution is 5.77. The second kappa shape index (κ2) is 7.57. The van der Waals surface area contributed by atoms with Crippen molar-refractivity contribution in [3.8, 4) is 0 Å². The first kappa shape index (κ1) is 16.0. The van der Waals surface area contributed by atoms with Crippen molar-refractivity contribution in [3.63, 3.8) is 0 Å². The van der Waals surface area contributed by atoms with Gasteiger partial charge in [-0.3, -0.25) is 0 Å². The molecule has 2 rings (SSSR count). The average molecular weight is 291 g/mol. The number of carboxylic acids is 1. The zero-order valence-electron chi connectivity index (χ0n) is 12.5. The Morgan fingerprint density at radius 1 is 1.19 bits per heavy atom. The summed E-state index contributed by atoms with van der Waals surface area (Å²) >= 11 is 0. The molecule has 1 aliphatic rings. The third-order valence-corrected chi connectivity index (χ3v) is 4.22. The lowest BCUT2D eigenvalue weighted by Gasteiger charge is -2.29. The van der Waals surface area contributed by atoms with Crippen molar-refractivity contribution in [2.75, 3.05) is 6.61 Å². The Bertz CT molecular complexity index is 439. The number of carbonyl (C=O) groups is 1. The van der Waals surface area contributed by atoms with E-state index in [1.54, 1.807) is 0 Å². The summed E-state index contributed by atoms with van der Waals surface area (Å²) < 4.78 is 5.82. The van der Waals surface area contributed by atoms with Crippen LogP contribution in [-0.4, -0.2) is 29.3 Å². The van der Waals surface area contributed by atoms with Crippen LogP contribution in [0.25, 0.3) is 0 Å². The molecule has 1 atom stereocenters. The molecule has 0 aliphatic heterocycles. The monoisotopic (exact) mass is 291 g/mol. The van der Waals surface area contributed by atoms with Gasteiger partial charge in [0.2, 0.25) is 0 Å². The molecule has 0 bridgehead atoms. The number of carboxylic acid groups (broad SMARTS) is 1. The van der Waals surface area contributed by atoms with Gasteiger partial charge in [0.05, 0.1) is 6.61 Å². The van der Waals surface area contributed by atoms with Crippen LogP contribution in [0.4, 0.5) is 0 Å². The van der Waals surface area contributed by atoms with E-state index in [9.17, 15) is 9.90 Å². The van der Waals surface area contributed by atoms with Crippen molar-refractivity contribution in [3.05, 3.63) is 35.9 Å². The third-order valence-electron chi connectivity index (χ3n) is 4.22. The lowest BCUT2D eigenvalue weighted by molar-refractivity contribution is -0.168. The fraction of sp³-hybridized carbons (Fsp3) is 0.588. The van der Waals surface area contributed by atoms with Crippen molar-refractivity contribution in [2.45, 2.75) is 56.6 Å². The molecule has 1 aromatic carbocycles. The molecule has 0 saturated heterocycles. The predicted octanol–water partition coefficient (Wildman–Crippen LogP) is 2.75. The Balaban J connectivity index is 1.90. The summed E-state index contributed by atoms with van der Waals surface area (Å²) in [6.07, 6.45) is 5.92. The zero-order chi connectivity index (χ0) is 15.1. The molecule has 1 fully saturated rings. The maximum atomic E-state index is 11.6. The summed E-state index contributed by atoms with van der Waals surface area (Å²) in [5, 5.41) is 9.55. The largest absolute Gasteiger partial charge is 0.479 e. The van der Waals surface area contributed by atoms with Gasteiger partial charge in [0.1, 0.15) is 0 Å². The van der Waals surface area contributed by atoms with Gasteiger partial charge in [-0.1, -0.05) is 43.2 Å². The first-order valence-corrected chi connectivity index (χ1v) is 7.79. The second-order valence-electron chi connectivity index (χ2n) is 5.97. The van der Waals surface area contributed by atoms with E-state index in [4.69, 9.17) is 10.5 Å². The van der Waals surface area contributed by atoms with Crippen molar-refractivity contribution in [1.82, 2.24) is 0 Å². The number of hydrogen-bond donors (Lipinski definition) is 2. The number of benzene rings is 1. The van der Waals surface area contributed by atoms with E-state index in [0.717, 1.165) is 31.2 Å². The van der Waals surface area contributed by atoms with Crippen LogP contribution in [-0.2, 0) is 16.0 Å². The molecule has 116 valence electrons. The van der Waals surface area contributed by atoms with Crippen LogP contribution in [0.2, 0.25) is 0 Å². The molecule has 0 radical (unpaired) electrons. The highest BCUT2D eigenvalue weighted by atomic mass is 16.5. The highest BCUT2D eigenvalue weighted by Gasteiger charge is 2.40. The molecular weight excluding hydrogens is 266 g/mol. The van der Waals surface area contributed by atoms with Crippen molar-refractivity contribution in [2.24, 2.45) is 5.73 Å². The number of rotatable bonds is 6. The Hall–Kier alpha value is -1.39. The molecule has 1 aromatic rings. The fourth-order valence-corrected chi connectivity index (χ4v) is 2.96. The first-order chi connectivity index (χ1) is 10.1. The lowest BCUT2D eigenvalue weighted by atomic mass is 9.94. The van der Waals surface area contributed by atoms with E-state index >= 15 is 0 Å². The van der Waals surface area contributed by atoms with Crippen LogP contribution in [0.15, 0.2) is 30.3 Å². The maximum absolute atomic E-state index is 11.6. The Morgan fingerprint density at radius 2 is 1.81 bits per heavy atom. The summed E-state index contributed by atoms with van der Waals surface area (Å²) in [6.45, 7) is 0.293. The van der Waals surface area contributed by atoms with E-state index in [-0.39, 0.29) is 6.04 Å². The molecule has 0 heterocycles. The van der Waals surface area contributed by atoms with Crippen LogP contribution < -0.4 is 5.73 Å². The summed E-state index contributed by atoms with van der Waals surface area (Å²) in [4.78, 5) is 11.6. The van der Waals surface area contributed by atoms with Gasteiger partial charge in [0, 0.05) is 6.04 Å². The van der Waals surface area contributed by atoms with Crippen LogP contribution in [0.5, 0.6) is 0 Å². The first-order valence-electron chi connectivity index (χ1n) is 7.79. The minimum absolute atomic E-state index is 0.174. The van der Waals surface area contributed by atoms with E-state index in [2.05, 4.69) is 0 Å². The Labute approximate surface area is 126 Å². The SMILES string of the molecule is N[C@H](COC1(C(=O)O)CCCCCC1)Cc1ccccc1. The predicted molar refractivity (Wildman–Crippen MR) is 82.1 cm³/mol. The quantitative estimate of drug-likeness (QED) is 0.790. The zero-order valence-corrected chi connectivity index (χ0v) is 12.5. The van der Waals surface area contributed by atoms with Gasteiger partial charge in [-0.2, -0.15) is 0 Å². The Morgan fingerprint density at radius 3 is 2.38 bits per heavy atom. The van der Waals surface area contributed by atoms with Gasteiger partial charge < -0.3 is 15.6 Å². The number of aliphatic carboxylic acids is 1. The average Bonchev–Trinajstić information content (AvgIpc) is 2.73. The summed E-state index contributed by atoms with van der Waals surface area (Å²) in [6, 6.07) is 9.81. The van der Waals surface area contributed by atoms with E-state index < -0.39 is 11.6 Å². The van der Waals surface area contributed by atoms with Crippen molar-refractivity contribution >= 4 is 5.97 Å². The summed E-state index contributed by atoms with van der Waals surface area (Å²) in [5.41, 5.74) is 6.23. The molecule has 0 amide bonds. The minimum atomic E-state index is -1.02. The lowest BCUT2D eigenvalue weighted by Crippen LogP contribution is -2.44. The number of hydrogen-bond acceptors (Lipinski definition) is 3. The van der Waals surface area contributed by atoms with Gasteiger partial charge in [0.15, 0.2) is 5.60 Å². The molecule has 4 nitrogen and oxygen atoms in total. The van der Waals surface area contributed by atoms with E-state index in [1.807, 2.05) is 30.3 Å². The van der Waals surface area contributed by atoms with E-state index in [1.165, 1.54) is 0 Å². The molecule has 0 aromatic heterocycles. The maximum Gasteiger partial charge on any atom is 0.335 e. The third kappa shape index (κ3) is 4.55. The topological polar surface area (TPSA) is 72.5 Å². The van der Waals surface area contributed by atoms with Gasteiger partial charge in [0.25, 0.3) is 0 Å². The second-order valence-corrected chi connectivity index (χ2v) is 5.97. The molecule has 1 saturated carbocycles. The van der Waals surface area contributed by atoms with Crippen LogP contribution in [0, 0.1) is 0 Å². The van der Waals surface area contributed by atoms with Gasteiger partial charge in [-0.25, -0.2) is 4.79 Å². The molecule has 1 aliphatic carbocycles. The van der Waals surface area contributed by atoms with Gasteiger partial charge in [-0.15, -0.1) is 0 Å². The molecular formula is C17H25NO3. The number of ether oxygens (including phenoxy) is 1. The molecule has 4 heteroatoms. The normalized spacial score (nSPS) is 19.7. The van der Waals surface area contributed by atoms with Gasteiger partial charge in [-0.05, 0) is 37.7 Å². The van der Waals surface area contributed by atoms with Crippen LogP contribution >= 0.6 is 0 Å². The molecule has 0 unspecified atom stereocenters.